The van der Waals surface area contributed by atoms with Gasteiger partial charge in [0, 0.05) is 10.9 Å². The Kier molecular flexibility index (Phi) is 2.48. The molecule has 0 amide bonds. The molecule has 0 bridgehead atoms. The first-order valence-corrected chi connectivity index (χ1v) is 4.94. The minimum absolute atomic E-state index is 0.469. The Morgan fingerprint density at radius 1 is 1.27 bits per heavy atom. The first-order chi connectivity index (χ1) is 7.07. The van der Waals surface area contributed by atoms with E-state index in [0.717, 1.165) is 12.1 Å². The molecule has 0 unspecified atom stereocenters. The molecule has 2 rings (SSSR count). The lowest BCUT2D eigenvalue weighted by Crippen LogP contribution is -2.04. The lowest BCUT2D eigenvalue weighted by Gasteiger charge is -2.06. The van der Waals surface area contributed by atoms with Crippen LogP contribution in [0.2, 0.25) is 0 Å². The maximum Gasteiger partial charge on any atom is 0.416 e. The average Bonchev–Trinajstić information content (AvgIpc) is 2.69. The van der Waals surface area contributed by atoms with Gasteiger partial charge in [-0.1, -0.05) is 12.1 Å². The topological polar surface area (TPSA) is 12.9 Å². The SMILES string of the molecule is FC(F)(F)c1cccc(-c2n[c]cs2)c1. The van der Waals surface area contributed by atoms with Gasteiger partial charge in [-0.05, 0) is 12.1 Å². The Bertz CT molecular complexity index is 448. The average molecular weight is 228 g/mol. The second-order valence-corrected chi connectivity index (χ2v) is 3.72. The van der Waals surface area contributed by atoms with Crippen LogP contribution in [0.25, 0.3) is 10.6 Å². The summed E-state index contributed by atoms with van der Waals surface area (Å²) in [5.74, 6) is 0. The number of hydrogen-bond donors (Lipinski definition) is 0. The molecule has 0 atom stereocenters. The third-order valence-corrected chi connectivity index (χ3v) is 2.60. The van der Waals surface area contributed by atoms with Crippen molar-refractivity contribution in [2.45, 2.75) is 6.18 Å². The summed E-state index contributed by atoms with van der Waals surface area (Å²) >= 11 is 1.26. The normalized spacial score (nSPS) is 11.7. The van der Waals surface area contributed by atoms with E-state index in [4.69, 9.17) is 0 Å². The molecule has 77 valence electrons. The van der Waals surface area contributed by atoms with Crippen LogP contribution in [0.1, 0.15) is 5.56 Å². The van der Waals surface area contributed by atoms with Gasteiger partial charge in [0.1, 0.15) is 11.2 Å². The molecular weight excluding hydrogens is 223 g/mol. The predicted octanol–water partition coefficient (Wildman–Crippen LogP) is 3.63. The van der Waals surface area contributed by atoms with Crippen LogP contribution < -0.4 is 0 Å². The number of nitrogens with zero attached hydrogens (tertiary/aromatic N) is 1. The van der Waals surface area contributed by atoms with Gasteiger partial charge in [-0.3, -0.25) is 0 Å². The minimum Gasteiger partial charge on any atom is -0.234 e. The molecule has 5 heteroatoms. The highest BCUT2D eigenvalue weighted by Crippen LogP contribution is 2.32. The van der Waals surface area contributed by atoms with Crippen LogP contribution in [0.15, 0.2) is 29.6 Å². The summed E-state index contributed by atoms with van der Waals surface area (Å²) in [4.78, 5) is 3.84. The predicted molar refractivity (Wildman–Crippen MR) is 51.4 cm³/mol. The van der Waals surface area contributed by atoms with Crippen LogP contribution in [-0.4, -0.2) is 4.98 Å². The minimum atomic E-state index is -4.31. The van der Waals surface area contributed by atoms with Crippen LogP contribution in [0, 0.1) is 6.20 Å². The van der Waals surface area contributed by atoms with Gasteiger partial charge in [-0.2, -0.15) is 13.2 Å². The fourth-order valence-corrected chi connectivity index (χ4v) is 1.74. The lowest BCUT2D eigenvalue weighted by atomic mass is 10.1. The van der Waals surface area contributed by atoms with Gasteiger partial charge >= 0.3 is 6.18 Å². The molecule has 1 radical (unpaired) electrons. The number of thiazole rings is 1. The van der Waals surface area contributed by atoms with E-state index in [1.54, 1.807) is 11.4 Å². The molecule has 1 nitrogen and oxygen atoms in total. The van der Waals surface area contributed by atoms with Gasteiger partial charge in [-0.15, -0.1) is 11.3 Å². The van der Waals surface area contributed by atoms with Gasteiger partial charge in [0.2, 0.25) is 0 Å². The summed E-state index contributed by atoms with van der Waals surface area (Å²) in [6.07, 6.45) is -1.73. The van der Waals surface area contributed by atoms with Crippen LogP contribution in [0.3, 0.4) is 0 Å². The highest BCUT2D eigenvalue weighted by molar-refractivity contribution is 7.13. The van der Waals surface area contributed by atoms with E-state index < -0.39 is 11.7 Å². The van der Waals surface area contributed by atoms with Gasteiger partial charge in [0.15, 0.2) is 0 Å². The molecule has 1 heterocycles. The standard InChI is InChI=1S/C10H5F3NS/c11-10(12,13)8-3-1-2-7(6-8)9-14-4-5-15-9/h1-3,5-6H. The van der Waals surface area contributed by atoms with E-state index in [9.17, 15) is 13.2 Å². The molecule has 0 saturated carbocycles. The van der Waals surface area contributed by atoms with Crippen LogP contribution in [0.5, 0.6) is 0 Å². The zero-order chi connectivity index (χ0) is 10.9. The Balaban J connectivity index is 2.44. The molecule has 0 aliphatic rings. The van der Waals surface area contributed by atoms with E-state index in [1.807, 2.05) is 0 Å². The maximum atomic E-state index is 12.4. The molecule has 1 aromatic heterocycles. The van der Waals surface area contributed by atoms with Crippen LogP contribution >= 0.6 is 11.3 Å². The van der Waals surface area contributed by atoms with Gasteiger partial charge in [0.25, 0.3) is 0 Å². The van der Waals surface area contributed by atoms with Crippen molar-refractivity contribution in [2.75, 3.05) is 0 Å². The number of aromatic nitrogens is 1. The molecular formula is C10H5F3NS. The molecule has 0 N–H and O–H groups in total. The van der Waals surface area contributed by atoms with Crippen molar-refractivity contribution in [1.29, 1.82) is 0 Å². The first-order valence-electron chi connectivity index (χ1n) is 4.06. The summed E-state index contributed by atoms with van der Waals surface area (Å²) in [6, 6.07) is 5.11. The molecule has 0 aliphatic heterocycles. The quantitative estimate of drug-likeness (QED) is 0.726. The van der Waals surface area contributed by atoms with Gasteiger partial charge < -0.3 is 0 Å². The number of hydrogen-bond acceptors (Lipinski definition) is 2. The van der Waals surface area contributed by atoms with Crippen molar-refractivity contribution < 1.29 is 13.2 Å². The van der Waals surface area contributed by atoms with Gasteiger partial charge in [-0.25, -0.2) is 4.98 Å². The van der Waals surface area contributed by atoms with Gasteiger partial charge in [0.05, 0.1) is 5.56 Å². The summed E-state index contributed by atoms with van der Waals surface area (Å²) < 4.78 is 37.2. The van der Waals surface area contributed by atoms with E-state index in [-0.39, 0.29) is 0 Å². The number of rotatable bonds is 1. The monoisotopic (exact) mass is 228 g/mol. The zero-order valence-electron chi connectivity index (χ0n) is 7.38. The summed E-state index contributed by atoms with van der Waals surface area (Å²) in [6.45, 7) is 0. The van der Waals surface area contributed by atoms with E-state index in [2.05, 4.69) is 11.2 Å². The smallest absolute Gasteiger partial charge is 0.234 e. The fourth-order valence-electron chi connectivity index (χ4n) is 1.15. The first kappa shape index (κ1) is 10.2. The van der Waals surface area contributed by atoms with E-state index in [0.29, 0.717) is 10.6 Å². The summed E-state index contributed by atoms with van der Waals surface area (Å²) in [7, 11) is 0. The molecule has 15 heavy (non-hydrogen) atoms. The summed E-state index contributed by atoms with van der Waals surface area (Å²) in [5.41, 5.74) is -0.189. The number of halogens is 3. The Morgan fingerprint density at radius 2 is 2.07 bits per heavy atom. The second kappa shape index (κ2) is 3.66. The second-order valence-electron chi connectivity index (χ2n) is 2.86. The molecule has 0 spiro atoms. The number of benzene rings is 1. The lowest BCUT2D eigenvalue weighted by molar-refractivity contribution is -0.137. The Morgan fingerprint density at radius 3 is 2.67 bits per heavy atom. The Labute approximate surface area is 88.2 Å². The van der Waals surface area contributed by atoms with Crippen molar-refractivity contribution >= 4 is 11.3 Å². The van der Waals surface area contributed by atoms with Crippen molar-refractivity contribution in [3.63, 3.8) is 0 Å². The summed E-state index contributed by atoms with van der Waals surface area (Å²) in [5, 5.41) is 2.15. The maximum absolute atomic E-state index is 12.4. The molecule has 0 saturated heterocycles. The zero-order valence-corrected chi connectivity index (χ0v) is 8.19. The van der Waals surface area contributed by atoms with Crippen molar-refractivity contribution in [3.8, 4) is 10.6 Å². The van der Waals surface area contributed by atoms with Crippen molar-refractivity contribution in [3.05, 3.63) is 41.4 Å². The molecule has 0 aliphatic carbocycles. The Hall–Kier alpha value is -1.36. The highest BCUT2D eigenvalue weighted by atomic mass is 32.1. The molecule has 1 aromatic carbocycles. The van der Waals surface area contributed by atoms with E-state index in [1.165, 1.54) is 17.4 Å². The molecule has 0 fully saturated rings. The fraction of sp³-hybridized carbons (Fsp3) is 0.100. The number of alkyl halides is 3. The largest absolute Gasteiger partial charge is 0.416 e. The van der Waals surface area contributed by atoms with Crippen LogP contribution in [-0.2, 0) is 6.18 Å². The third-order valence-electron chi connectivity index (χ3n) is 1.83. The highest BCUT2D eigenvalue weighted by Gasteiger charge is 2.30. The molecule has 2 aromatic rings. The van der Waals surface area contributed by atoms with Crippen molar-refractivity contribution in [2.24, 2.45) is 0 Å². The van der Waals surface area contributed by atoms with Crippen LogP contribution in [0.4, 0.5) is 13.2 Å². The third kappa shape index (κ3) is 2.18. The van der Waals surface area contributed by atoms with E-state index >= 15 is 0 Å². The van der Waals surface area contributed by atoms with Crippen molar-refractivity contribution in [1.82, 2.24) is 4.98 Å².